The van der Waals surface area contributed by atoms with E-state index in [0.717, 1.165) is 0 Å². The fourth-order valence-corrected chi connectivity index (χ4v) is 1.47. The number of hydrogen-bond acceptors (Lipinski definition) is 3. The maximum absolute atomic E-state index is 11.6. The Balaban J connectivity index is 2.51. The number of amides is 2. The van der Waals surface area contributed by atoms with Crippen molar-refractivity contribution in [3.8, 4) is 0 Å². The summed E-state index contributed by atoms with van der Waals surface area (Å²) < 4.78 is 1.66. The number of nitrogens with zero attached hydrogens (tertiary/aromatic N) is 2. The molecule has 7 nitrogen and oxygen atoms in total. The summed E-state index contributed by atoms with van der Waals surface area (Å²) in [5.41, 5.74) is 0.537. The minimum Gasteiger partial charge on any atom is -0.480 e. The Labute approximate surface area is 105 Å². The normalized spacial score (nSPS) is 11.9. The third-order valence-corrected chi connectivity index (χ3v) is 2.40. The van der Waals surface area contributed by atoms with Crippen LogP contribution in [0.25, 0.3) is 0 Å². The first kappa shape index (κ1) is 14.0. The molecule has 1 rings (SSSR count). The molecule has 18 heavy (non-hydrogen) atoms. The van der Waals surface area contributed by atoms with E-state index >= 15 is 0 Å². The minimum atomic E-state index is -1.03. The Kier molecular flexibility index (Phi) is 5.16. The average molecular weight is 254 g/mol. The maximum atomic E-state index is 11.6. The molecule has 3 N–H and O–H groups in total. The van der Waals surface area contributed by atoms with Crippen molar-refractivity contribution in [2.45, 2.75) is 39.3 Å². The monoisotopic (exact) mass is 254 g/mol. The van der Waals surface area contributed by atoms with Gasteiger partial charge in [-0.15, -0.1) is 0 Å². The van der Waals surface area contributed by atoms with E-state index in [1.807, 2.05) is 13.8 Å². The Morgan fingerprint density at radius 1 is 1.50 bits per heavy atom. The zero-order chi connectivity index (χ0) is 13.5. The van der Waals surface area contributed by atoms with Crippen LogP contribution in [-0.4, -0.2) is 32.9 Å². The number of carboxylic acid groups (broad SMARTS) is 1. The molecule has 1 heterocycles. The lowest BCUT2D eigenvalue weighted by molar-refractivity contribution is -0.139. The summed E-state index contributed by atoms with van der Waals surface area (Å²) in [5, 5.41) is 17.8. The van der Waals surface area contributed by atoms with Gasteiger partial charge in [0.2, 0.25) is 0 Å². The fraction of sp³-hybridized carbons (Fsp3) is 0.545. The number of aromatic nitrogens is 2. The van der Waals surface area contributed by atoms with Gasteiger partial charge >= 0.3 is 12.0 Å². The molecule has 2 amide bonds. The molecule has 0 aliphatic heterocycles. The minimum absolute atomic E-state index is 0.400. The smallest absolute Gasteiger partial charge is 0.326 e. The Bertz CT molecular complexity index is 416. The molecule has 0 aromatic carbocycles. The molecule has 1 aromatic rings. The SMILES string of the molecule is CCC[C@H](NC(=O)Nc1cnn(CC)c1)C(=O)O. The highest BCUT2D eigenvalue weighted by Crippen LogP contribution is 2.05. The van der Waals surface area contributed by atoms with Crippen LogP contribution in [0.4, 0.5) is 10.5 Å². The number of nitrogens with one attached hydrogen (secondary N) is 2. The molecule has 1 aromatic heterocycles. The first-order valence-corrected chi connectivity index (χ1v) is 5.89. The first-order chi connectivity index (χ1) is 8.56. The molecule has 0 radical (unpaired) electrons. The van der Waals surface area contributed by atoms with Crippen LogP contribution in [0.3, 0.4) is 0 Å². The van der Waals surface area contributed by atoms with Crippen molar-refractivity contribution in [3.63, 3.8) is 0 Å². The van der Waals surface area contributed by atoms with Crippen LogP contribution in [-0.2, 0) is 11.3 Å². The number of carboxylic acids is 1. The van der Waals surface area contributed by atoms with Crippen molar-refractivity contribution in [2.24, 2.45) is 0 Å². The lowest BCUT2D eigenvalue weighted by Gasteiger charge is -2.13. The number of anilines is 1. The quantitative estimate of drug-likeness (QED) is 0.712. The van der Waals surface area contributed by atoms with E-state index in [1.54, 1.807) is 10.9 Å². The van der Waals surface area contributed by atoms with Crippen LogP contribution in [0, 0.1) is 0 Å². The molecule has 100 valence electrons. The molecule has 0 spiro atoms. The van der Waals surface area contributed by atoms with Gasteiger partial charge in [0, 0.05) is 12.7 Å². The molecule has 0 saturated heterocycles. The van der Waals surface area contributed by atoms with Crippen molar-refractivity contribution < 1.29 is 14.7 Å². The van der Waals surface area contributed by atoms with Crippen LogP contribution in [0.1, 0.15) is 26.7 Å². The van der Waals surface area contributed by atoms with E-state index in [-0.39, 0.29) is 0 Å². The predicted octanol–water partition coefficient (Wildman–Crippen LogP) is 1.28. The third-order valence-electron chi connectivity index (χ3n) is 2.40. The van der Waals surface area contributed by atoms with Crippen molar-refractivity contribution in [3.05, 3.63) is 12.4 Å². The standard InChI is InChI=1S/C11H18N4O3/c1-3-5-9(10(16)17)14-11(18)13-8-6-12-15(4-2)7-8/h6-7,9H,3-5H2,1-2H3,(H,16,17)(H2,13,14,18)/t9-/m0/s1. The van der Waals surface area contributed by atoms with Gasteiger partial charge in [-0.1, -0.05) is 13.3 Å². The van der Waals surface area contributed by atoms with Crippen molar-refractivity contribution >= 4 is 17.7 Å². The number of urea groups is 1. The van der Waals surface area contributed by atoms with Crippen molar-refractivity contribution in [1.29, 1.82) is 0 Å². The second kappa shape index (κ2) is 6.63. The number of hydrogen-bond donors (Lipinski definition) is 3. The lowest BCUT2D eigenvalue weighted by atomic mass is 10.2. The van der Waals surface area contributed by atoms with E-state index < -0.39 is 18.0 Å². The molecule has 7 heteroatoms. The van der Waals surface area contributed by atoms with E-state index in [1.165, 1.54) is 6.20 Å². The van der Waals surface area contributed by atoms with E-state index in [0.29, 0.717) is 25.1 Å². The molecule has 0 saturated carbocycles. The van der Waals surface area contributed by atoms with Gasteiger partial charge < -0.3 is 15.7 Å². The largest absolute Gasteiger partial charge is 0.480 e. The van der Waals surface area contributed by atoms with E-state index in [4.69, 9.17) is 5.11 Å². The molecule has 1 atom stereocenters. The Morgan fingerprint density at radius 3 is 2.72 bits per heavy atom. The van der Waals surface area contributed by atoms with Crippen molar-refractivity contribution in [2.75, 3.05) is 5.32 Å². The molecule has 0 aliphatic rings. The number of rotatable bonds is 6. The Hall–Kier alpha value is -2.05. The topological polar surface area (TPSA) is 96.3 Å². The first-order valence-electron chi connectivity index (χ1n) is 5.89. The average Bonchev–Trinajstić information content (AvgIpc) is 2.76. The molecular formula is C11H18N4O3. The number of carbonyl (C=O) groups is 2. The van der Waals surface area contributed by atoms with Gasteiger partial charge in [0.15, 0.2) is 0 Å². The summed E-state index contributed by atoms with van der Waals surface area (Å²) in [4.78, 5) is 22.4. The number of carbonyl (C=O) groups excluding carboxylic acids is 1. The third kappa shape index (κ3) is 4.08. The summed E-state index contributed by atoms with van der Waals surface area (Å²) >= 11 is 0. The van der Waals surface area contributed by atoms with Crippen LogP contribution >= 0.6 is 0 Å². The summed E-state index contributed by atoms with van der Waals surface area (Å²) in [7, 11) is 0. The lowest BCUT2D eigenvalue weighted by Crippen LogP contribution is -2.42. The van der Waals surface area contributed by atoms with Gasteiger partial charge in [-0.25, -0.2) is 9.59 Å². The van der Waals surface area contributed by atoms with Gasteiger partial charge in [0.25, 0.3) is 0 Å². The van der Waals surface area contributed by atoms with Gasteiger partial charge in [0.05, 0.1) is 11.9 Å². The Morgan fingerprint density at radius 2 is 2.22 bits per heavy atom. The highest BCUT2D eigenvalue weighted by molar-refractivity contribution is 5.91. The summed E-state index contributed by atoms with van der Waals surface area (Å²) in [6, 6.07) is -1.40. The van der Waals surface area contributed by atoms with Gasteiger partial charge in [-0.3, -0.25) is 4.68 Å². The second-order valence-corrected chi connectivity index (χ2v) is 3.86. The predicted molar refractivity (Wildman–Crippen MR) is 66.4 cm³/mol. The van der Waals surface area contributed by atoms with Crippen LogP contribution in [0.15, 0.2) is 12.4 Å². The molecule has 0 aliphatic carbocycles. The molecule has 0 unspecified atom stereocenters. The van der Waals surface area contributed by atoms with Crippen LogP contribution in [0.5, 0.6) is 0 Å². The maximum Gasteiger partial charge on any atom is 0.326 e. The summed E-state index contributed by atoms with van der Waals surface area (Å²) in [6.45, 7) is 4.50. The number of aryl methyl sites for hydroxylation is 1. The van der Waals surface area contributed by atoms with E-state index in [2.05, 4.69) is 15.7 Å². The molecular weight excluding hydrogens is 236 g/mol. The summed E-state index contributed by atoms with van der Waals surface area (Å²) in [6.07, 6.45) is 4.27. The highest BCUT2D eigenvalue weighted by Gasteiger charge is 2.18. The van der Waals surface area contributed by atoms with E-state index in [9.17, 15) is 9.59 Å². The van der Waals surface area contributed by atoms with Gasteiger partial charge in [-0.2, -0.15) is 5.10 Å². The highest BCUT2D eigenvalue weighted by atomic mass is 16.4. The van der Waals surface area contributed by atoms with Crippen LogP contribution in [0.2, 0.25) is 0 Å². The fourth-order valence-electron chi connectivity index (χ4n) is 1.47. The van der Waals surface area contributed by atoms with Crippen molar-refractivity contribution in [1.82, 2.24) is 15.1 Å². The molecule has 0 bridgehead atoms. The zero-order valence-corrected chi connectivity index (χ0v) is 10.5. The number of aliphatic carboxylic acids is 1. The van der Waals surface area contributed by atoms with Gasteiger partial charge in [-0.05, 0) is 13.3 Å². The van der Waals surface area contributed by atoms with Crippen LogP contribution < -0.4 is 10.6 Å². The molecule has 0 fully saturated rings. The summed E-state index contributed by atoms with van der Waals surface area (Å²) in [5.74, 6) is -1.03. The second-order valence-electron chi connectivity index (χ2n) is 3.86. The zero-order valence-electron chi connectivity index (χ0n) is 10.5. The van der Waals surface area contributed by atoms with Gasteiger partial charge in [0.1, 0.15) is 6.04 Å².